The van der Waals surface area contributed by atoms with Crippen LogP contribution in [0.1, 0.15) is 34.3 Å². The maximum absolute atomic E-state index is 12.5. The van der Waals surface area contributed by atoms with Gasteiger partial charge in [-0.25, -0.2) is 9.79 Å². The molecule has 0 aliphatic carbocycles. The molecule has 1 aliphatic rings. The highest BCUT2D eigenvalue weighted by molar-refractivity contribution is 5.98. The lowest BCUT2D eigenvalue weighted by atomic mass is 10.1. The number of ether oxygens (including phenoxy) is 2. The van der Waals surface area contributed by atoms with Crippen LogP contribution in [0.15, 0.2) is 35.5 Å². The summed E-state index contributed by atoms with van der Waals surface area (Å²) in [7, 11) is 2.74. The number of carbonyl (C=O) groups is 2. The maximum Gasteiger partial charge on any atom is 0.334 e. The van der Waals surface area contributed by atoms with Crippen molar-refractivity contribution in [2.45, 2.75) is 25.6 Å². The number of aromatic nitrogens is 2. The van der Waals surface area contributed by atoms with E-state index in [1.807, 2.05) is 0 Å². The molecule has 0 saturated carbocycles. The number of aliphatic hydroxyl groups excluding tert-OH is 1. The molecular weight excluding hydrogens is 364 g/mol. The van der Waals surface area contributed by atoms with Crippen molar-refractivity contribution in [3.63, 3.8) is 0 Å². The van der Waals surface area contributed by atoms with Crippen LogP contribution in [0.2, 0.25) is 0 Å². The van der Waals surface area contributed by atoms with Crippen molar-refractivity contribution in [2.24, 2.45) is 4.99 Å². The maximum atomic E-state index is 12.5. The van der Waals surface area contributed by atoms with E-state index in [9.17, 15) is 14.7 Å². The summed E-state index contributed by atoms with van der Waals surface area (Å²) in [5.41, 5.74) is 2.71. The SMILES string of the molecule is COC(=O)[C@@H](NC(=O)Cc1cc2c(c(CO)n1)C(OC)=NC2)c1ccccn1. The summed E-state index contributed by atoms with van der Waals surface area (Å²) in [6, 6.07) is 5.78. The lowest BCUT2D eigenvalue weighted by molar-refractivity contribution is -0.145. The summed E-state index contributed by atoms with van der Waals surface area (Å²) < 4.78 is 9.97. The molecule has 9 heteroatoms. The molecular formula is C19H20N4O5. The number of carbonyl (C=O) groups excluding carboxylic acids is 2. The van der Waals surface area contributed by atoms with Crippen molar-refractivity contribution in [1.29, 1.82) is 0 Å². The van der Waals surface area contributed by atoms with E-state index in [1.54, 1.807) is 24.3 Å². The minimum atomic E-state index is -1.02. The zero-order chi connectivity index (χ0) is 20.1. The molecule has 1 atom stereocenters. The molecule has 0 spiro atoms. The average Bonchev–Trinajstić information content (AvgIpc) is 3.14. The smallest absolute Gasteiger partial charge is 0.334 e. The molecule has 1 aliphatic heterocycles. The molecule has 0 saturated heterocycles. The van der Waals surface area contributed by atoms with Crippen molar-refractivity contribution in [2.75, 3.05) is 14.2 Å². The minimum absolute atomic E-state index is 0.0804. The first kappa shape index (κ1) is 19.4. The predicted molar refractivity (Wildman–Crippen MR) is 98.3 cm³/mol. The lowest BCUT2D eigenvalue weighted by Gasteiger charge is -2.16. The molecule has 28 heavy (non-hydrogen) atoms. The van der Waals surface area contributed by atoms with Gasteiger partial charge in [0.25, 0.3) is 0 Å². The van der Waals surface area contributed by atoms with Gasteiger partial charge in [0.1, 0.15) is 0 Å². The molecule has 3 heterocycles. The van der Waals surface area contributed by atoms with E-state index in [1.165, 1.54) is 20.4 Å². The fraction of sp³-hybridized carbons (Fsp3) is 0.316. The van der Waals surface area contributed by atoms with E-state index in [4.69, 9.17) is 9.47 Å². The zero-order valence-electron chi connectivity index (χ0n) is 15.5. The highest BCUT2D eigenvalue weighted by atomic mass is 16.5. The van der Waals surface area contributed by atoms with Gasteiger partial charge in [-0.05, 0) is 23.8 Å². The topological polar surface area (TPSA) is 123 Å². The molecule has 146 valence electrons. The summed E-state index contributed by atoms with van der Waals surface area (Å²) in [6.45, 7) is 0.0836. The van der Waals surface area contributed by atoms with Crippen LogP contribution in [0.25, 0.3) is 0 Å². The number of amides is 1. The van der Waals surface area contributed by atoms with Crippen molar-refractivity contribution in [1.82, 2.24) is 15.3 Å². The fourth-order valence-electron chi connectivity index (χ4n) is 3.01. The van der Waals surface area contributed by atoms with E-state index in [0.717, 1.165) is 5.56 Å². The van der Waals surface area contributed by atoms with Crippen LogP contribution < -0.4 is 5.32 Å². The highest BCUT2D eigenvalue weighted by Gasteiger charge is 2.26. The van der Waals surface area contributed by atoms with Gasteiger partial charge in [0.05, 0.1) is 56.4 Å². The van der Waals surface area contributed by atoms with Crippen LogP contribution in [0.5, 0.6) is 0 Å². The second kappa shape index (κ2) is 8.57. The molecule has 1 amide bonds. The van der Waals surface area contributed by atoms with Gasteiger partial charge in [0.15, 0.2) is 6.04 Å². The molecule has 0 bridgehead atoms. The third kappa shape index (κ3) is 3.99. The molecule has 9 nitrogen and oxygen atoms in total. The normalized spacial score (nSPS) is 13.3. The van der Waals surface area contributed by atoms with E-state index in [2.05, 4.69) is 20.3 Å². The summed E-state index contributed by atoms with van der Waals surface area (Å²) in [6.07, 6.45) is 1.45. The molecule has 2 aromatic heterocycles. The molecule has 0 radical (unpaired) electrons. The molecule has 3 rings (SSSR count). The van der Waals surface area contributed by atoms with Crippen LogP contribution in [0.3, 0.4) is 0 Å². The summed E-state index contributed by atoms with van der Waals surface area (Å²) in [4.78, 5) is 37.3. The predicted octanol–water partition coefficient (Wildman–Crippen LogP) is 0.448. The Labute approximate surface area is 161 Å². The Balaban J connectivity index is 1.78. The van der Waals surface area contributed by atoms with Gasteiger partial charge in [0, 0.05) is 6.20 Å². The Morgan fingerprint density at radius 1 is 1.32 bits per heavy atom. The zero-order valence-corrected chi connectivity index (χ0v) is 15.5. The number of fused-ring (bicyclic) bond motifs is 1. The molecule has 0 fully saturated rings. The van der Waals surface area contributed by atoms with Crippen LogP contribution in [-0.4, -0.2) is 47.1 Å². The first-order chi connectivity index (χ1) is 13.6. The largest absolute Gasteiger partial charge is 0.481 e. The van der Waals surface area contributed by atoms with Crippen molar-refractivity contribution in [3.8, 4) is 0 Å². The van der Waals surface area contributed by atoms with Crippen LogP contribution >= 0.6 is 0 Å². The second-order valence-electron chi connectivity index (χ2n) is 6.03. The molecule has 2 aromatic rings. The Kier molecular flexibility index (Phi) is 5.95. The number of nitrogens with zero attached hydrogens (tertiary/aromatic N) is 3. The fourth-order valence-corrected chi connectivity index (χ4v) is 3.01. The van der Waals surface area contributed by atoms with Crippen molar-refractivity contribution >= 4 is 17.8 Å². The standard InChI is InChI=1S/C19H20N4O5/c1-27-18-16-11(9-21-18)7-12(22-14(16)10-24)8-15(25)23-17(19(26)28-2)13-5-3-4-6-20-13/h3-7,17,24H,8-10H2,1-2H3,(H,23,25)/t17-/m0/s1. The van der Waals surface area contributed by atoms with E-state index in [-0.39, 0.29) is 13.0 Å². The average molecular weight is 384 g/mol. The molecule has 0 unspecified atom stereocenters. The van der Waals surface area contributed by atoms with E-state index >= 15 is 0 Å². The third-order valence-electron chi connectivity index (χ3n) is 4.25. The number of esters is 1. The first-order valence-corrected chi connectivity index (χ1v) is 8.56. The van der Waals surface area contributed by atoms with Gasteiger partial charge in [-0.2, -0.15) is 0 Å². The minimum Gasteiger partial charge on any atom is -0.481 e. The van der Waals surface area contributed by atoms with Gasteiger partial charge in [0.2, 0.25) is 11.8 Å². The first-order valence-electron chi connectivity index (χ1n) is 8.56. The van der Waals surface area contributed by atoms with Gasteiger partial charge in [-0.3, -0.25) is 14.8 Å². The van der Waals surface area contributed by atoms with Crippen molar-refractivity contribution in [3.05, 3.63) is 58.7 Å². The van der Waals surface area contributed by atoms with Crippen LogP contribution in [0, 0.1) is 0 Å². The number of hydrogen-bond donors (Lipinski definition) is 2. The van der Waals surface area contributed by atoms with E-state index in [0.29, 0.717) is 35.1 Å². The number of hydrogen-bond acceptors (Lipinski definition) is 8. The van der Waals surface area contributed by atoms with E-state index < -0.39 is 17.9 Å². The Morgan fingerprint density at radius 3 is 2.79 bits per heavy atom. The number of aliphatic imine (C=N–C) groups is 1. The van der Waals surface area contributed by atoms with Crippen LogP contribution in [0.4, 0.5) is 0 Å². The monoisotopic (exact) mass is 384 g/mol. The Hall–Kier alpha value is -3.33. The quantitative estimate of drug-likeness (QED) is 0.693. The van der Waals surface area contributed by atoms with Crippen LogP contribution in [-0.2, 0) is 38.6 Å². The summed E-state index contributed by atoms with van der Waals surface area (Å²) in [5.74, 6) is -0.630. The Morgan fingerprint density at radius 2 is 2.14 bits per heavy atom. The van der Waals surface area contributed by atoms with Gasteiger partial charge >= 0.3 is 5.97 Å². The number of pyridine rings is 2. The third-order valence-corrected chi connectivity index (χ3v) is 4.25. The van der Waals surface area contributed by atoms with Gasteiger partial charge in [-0.1, -0.05) is 6.07 Å². The lowest BCUT2D eigenvalue weighted by Crippen LogP contribution is -2.36. The van der Waals surface area contributed by atoms with Gasteiger partial charge in [-0.15, -0.1) is 0 Å². The number of nitrogens with one attached hydrogen (secondary N) is 1. The second-order valence-corrected chi connectivity index (χ2v) is 6.03. The van der Waals surface area contributed by atoms with Gasteiger partial charge < -0.3 is 19.9 Å². The highest BCUT2D eigenvalue weighted by Crippen LogP contribution is 2.24. The van der Waals surface area contributed by atoms with Crippen molar-refractivity contribution < 1.29 is 24.2 Å². The summed E-state index contributed by atoms with van der Waals surface area (Å²) >= 11 is 0. The number of aliphatic hydroxyl groups is 1. The Bertz CT molecular complexity index is 914. The molecule has 2 N–H and O–H groups in total. The number of rotatable bonds is 6. The number of methoxy groups -OCH3 is 2. The summed E-state index contributed by atoms with van der Waals surface area (Å²) in [5, 5.41) is 12.3. The molecule has 0 aromatic carbocycles.